The molecule has 1 atom stereocenters. The second-order valence-electron chi connectivity index (χ2n) is 1.85. The highest BCUT2D eigenvalue weighted by molar-refractivity contribution is 7.72. The van der Waals surface area contributed by atoms with Gasteiger partial charge in [0.2, 0.25) is 0 Å². The molecule has 1 unspecified atom stereocenters. The van der Waals surface area contributed by atoms with Crippen molar-refractivity contribution in [1.82, 2.24) is 0 Å². The third kappa shape index (κ3) is 1.79. The third-order valence-electron chi connectivity index (χ3n) is 1.08. The van der Waals surface area contributed by atoms with Crippen LogP contribution in [0, 0.1) is 0 Å². The van der Waals surface area contributed by atoms with Gasteiger partial charge in [-0.15, -0.1) is 9.24 Å². The summed E-state index contributed by atoms with van der Waals surface area (Å²) < 4.78 is 20.8. The molecule has 54 valence electrons. The second kappa shape index (κ2) is 3.13. The van der Waals surface area contributed by atoms with E-state index in [0.29, 0.717) is 4.90 Å². The van der Waals surface area contributed by atoms with Gasteiger partial charge in [-0.3, -0.25) is 0 Å². The largest absolute Gasteiger partial charge is 0.227 e. The van der Waals surface area contributed by atoms with Gasteiger partial charge in [-0.25, -0.2) is 8.42 Å². The minimum Gasteiger partial charge on any atom is -0.227 e. The SMILES string of the molecule is O=[SH](=O)c1cccc(P)c1. The van der Waals surface area contributed by atoms with Gasteiger partial charge in [0.25, 0.3) is 0 Å². The van der Waals surface area contributed by atoms with Crippen molar-refractivity contribution in [3.8, 4) is 0 Å². The number of hydrogen-bond acceptors (Lipinski definition) is 2. The van der Waals surface area contributed by atoms with Crippen molar-refractivity contribution in [2.75, 3.05) is 0 Å². The van der Waals surface area contributed by atoms with E-state index in [1.54, 1.807) is 18.2 Å². The molecule has 0 radical (unpaired) electrons. The second-order valence-corrected chi connectivity index (χ2v) is 3.55. The van der Waals surface area contributed by atoms with Crippen molar-refractivity contribution in [3.63, 3.8) is 0 Å². The van der Waals surface area contributed by atoms with E-state index in [9.17, 15) is 8.42 Å². The van der Waals surface area contributed by atoms with Crippen LogP contribution in [-0.4, -0.2) is 8.42 Å². The molecule has 0 heterocycles. The standard InChI is InChI=1S/C6H7O2PS/c7-10(8)6-3-1-2-5(9)4-6/h1-4,10H,9H2. The lowest BCUT2D eigenvalue weighted by Crippen LogP contribution is -1.90. The Morgan fingerprint density at radius 2 is 2.00 bits per heavy atom. The molecule has 0 aromatic heterocycles. The van der Waals surface area contributed by atoms with Crippen LogP contribution < -0.4 is 5.30 Å². The minimum absolute atomic E-state index is 0.363. The van der Waals surface area contributed by atoms with Gasteiger partial charge in [0.05, 0.1) is 4.90 Å². The molecular formula is C6H7O2PS. The predicted molar refractivity (Wildman–Crippen MR) is 44.4 cm³/mol. The fraction of sp³-hybridized carbons (Fsp3) is 0. The van der Waals surface area contributed by atoms with Gasteiger partial charge in [-0.05, 0) is 17.4 Å². The summed E-state index contributed by atoms with van der Waals surface area (Å²) in [6, 6.07) is 6.71. The lowest BCUT2D eigenvalue weighted by Gasteiger charge is -1.90. The number of benzene rings is 1. The highest BCUT2D eigenvalue weighted by Crippen LogP contribution is 1.99. The molecule has 0 bridgehead atoms. The molecule has 0 saturated heterocycles. The molecule has 4 heteroatoms. The number of thiol groups is 1. The van der Waals surface area contributed by atoms with Crippen LogP contribution in [0.5, 0.6) is 0 Å². The van der Waals surface area contributed by atoms with Crippen molar-refractivity contribution in [2.45, 2.75) is 4.90 Å². The van der Waals surface area contributed by atoms with E-state index in [1.165, 1.54) is 0 Å². The van der Waals surface area contributed by atoms with E-state index in [-0.39, 0.29) is 0 Å². The summed E-state index contributed by atoms with van der Waals surface area (Å²) in [5, 5.41) is 0.886. The molecule has 0 aliphatic rings. The van der Waals surface area contributed by atoms with Gasteiger partial charge >= 0.3 is 0 Å². The first-order valence-electron chi connectivity index (χ1n) is 2.70. The highest BCUT2D eigenvalue weighted by Gasteiger charge is 1.91. The molecule has 0 N–H and O–H groups in total. The fourth-order valence-corrected chi connectivity index (χ4v) is 1.53. The van der Waals surface area contributed by atoms with Crippen molar-refractivity contribution in [2.24, 2.45) is 0 Å². The summed E-state index contributed by atoms with van der Waals surface area (Å²) in [6.07, 6.45) is 0. The molecule has 0 amide bonds. The first-order valence-corrected chi connectivity index (χ1v) is 4.45. The van der Waals surface area contributed by atoms with Crippen LogP contribution in [0.4, 0.5) is 0 Å². The van der Waals surface area contributed by atoms with Crippen LogP contribution in [0.15, 0.2) is 29.2 Å². The molecule has 0 spiro atoms. The topological polar surface area (TPSA) is 34.1 Å². The summed E-state index contributed by atoms with van der Waals surface area (Å²) in [6.45, 7) is 0. The lowest BCUT2D eigenvalue weighted by molar-refractivity contribution is 0.614. The van der Waals surface area contributed by atoms with E-state index >= 15 is 0 Å². The first kappa shape index (κ1) is 7.70. The molecule has 1 aromatic rings. The molecular weight excluding hydrogens is 167 g/mol. The molecule has 0 aliphatic carbocycles. The van der Waals surface area contributed by atoms with E-state index < -0.39 is 10.7 Å². The normalized spacial score (nSPS) is 10.2. The van der Waals surface area contributed by atoms with Gasteiger partial charge in [0.1, 0.15) is 0 Å². The fourth-order valence-electron chi connectivity index (χ4n) is 0.638. The maximum absolute atomic E-state index is 10.4. The average Bonchev–Trinajstić information content (AvgIpc) is 1.88. The Labute approximate surface area is 63.4 Å². The van der Waals surface area contributed by atoms with E-state index in [2.05, 4.69) is 9.24 Å². The van der Waals surface area contributed by atoms with Crippen LogP contribution in [-0.2, 0) is 10.7 Å². The Balaban J connectivity index is 3.19. The zero-order valence-corrected chi connectivity index (χ0v) is 7.20. The van der Waals surface area contributed by atoms with Crippen molar-refractivity contribution in [3.05, 3.63) is 24.3 Å². The summed E-state index contributed by atoms with van der Waals surface area (Å²) in [4.78, 5) is 0.363. The first-order chi connectivity index (χ1) is 4.70. The van der Waals surface area contributed by atoms with Crippen molar-refractivity contribution in [1.29, 1.82) is 0 Å². The van der Waals surface area contributed by atoms with Crippen LogP contribution in [0.3, 0.4) is 0 Å². The smallest absolute Gasteiger partial charge is 0.168 e. The summed E-state index contributed by atoms with van der Waals surface area (Å²) in [5.74, 6) is 0. The minimum atomic E-state index is -2.43. The van der Waals surface area contributed by atoms with E-state index in [0.717, 1.165) is 5.30 Å². The van der Waals surface area contributed by atoms with Gasteiger partial charge in [0.15, 0.2) is 10.7 Å². The summed E-state index contributed by atoms with van der Waals surface area (Å²) in [7, 11) is 0.0159. The average molecular weight is 174 g/mol. The maximum atomic E-state index is 10.4. The molecule has 10 heavy (non-hydrogen) atoms. The molecule has 0 fully saturated rings. The third-order valence-corrected chi connectivity index (χ3v) is 2.14. The van der Waals surface area contributed by atoms with Gasteiger partial charge < -0.3 is 0 Å². The van der Waals surface area contributed by atoms with Crippen LogP contribution >= 0.6 is 9.24 Å². The molecule has 1 rings (SSSR count). The van der Waals surface area contributed by atoms with Gasteiger partial charge in [-0.2, -0.15) is 0 Å². The van der Waals surface area contributed by atoms with Gasteiger partial charge in [0, 0.05) is 0 Å². The quantitative estimate of drug-likeness (QED) is 0.486. The zero-order valence-electron chi connectivity index (χ0n) is 5.15. The zero-order chi connectivity index (χ0) is 7.56. The predicted octanol–water partition coefficient (Wildman–Crippen LogP) is 0.157. The molecule has 0 saturated carbocycles. The molecule has 2 nitrogen and oxygen atoms in total. The van der Waals surface area contributed by atoms with Gasteiger partial charge in [-0.1, -0.05) is 12.1 Å². The Hall–Kier alpha value is -0.400. The molecule has 1 aromatic carbocycles. The van der Waals surface area contributed by atoms with Crippen LogP contribution in [0.2, 0.25) is 0 Å². The Kier molecular flexibility index (Phi) is 2.41. The van der Waals surface area contributed by atoms with Crippen molar-refractivity contribution >= 4 is 25.2 Å². The maximum Gasteiger partial charge on any atom is 0.168 e. The Morgan fingerprint density at radius 1 is 1.30 bits per heavy atom. The van der Waals surface area contributed by atoms with E-state index in [1.807, 2.05) is 6.07 Å². The Morgan fingerprint density at radius 3 is 2.40 bits per heavy atom. The number of rotatable bonds is 1. The molecule has 0 aliphatic heterocycles. The Bertz CT molecular complexity index is 298. The number of hydrogen-bond donors (Lipinski definition) is 1. The van der Waals surface area contributed by atoms with Crippen LogP contribution in [0.1, 0.15) is 0 Å². The van der Waals surface area contributed by atoms with E-state index in [4.69, 9.17) is 0 Å². The lowest BCUT2D eigenvalue weighted by atomic mass is 10.4. The van der Waals surface area contributed by atoms with Crippen LogP contribution in [0.25, 0.3) is 0 Å². The monoisotopic (exact) mass is 174 g/mol. The summed E-state index contributed by atoms with van der Waals surface area (Å²) in [5.41, 5.74) is 0. The van der Waals surface area contributed by atoms with Crippen molar-refractivity contribution < 1.29 is 8.42 Å². The highest BCUT2D eigenvalue weighted by atomic mass is 32.2. The summed E-state index contributed by atoms with van der Waals surface area (Å²) >= 11 is 0.